The molecule has 174 valence electrons. The number of benzene rings is 2. The van der Waals surface area contributed by atoms with Crippen molar-refractivity contribution < 1.29 is 28.2 Å². The number of rotatable bonds is 3. The van der Waals surface area contributed by atoms with Crippen molar-refractivity contribution in [1.29, 1.82) is 0 Å². The second-order valence-corrected chi connectivity index (χ2v) is 6.79. The molecule has 32 heavy (non-hydrogen) atoms. The van der Waals surface area contributed by atoms with Gasteiger partial charge in [0.15, 0.2) is 12.2 Å². The van der Waals surface area contributed by atoms with Gasteiger partial charge in [-0.2, -0.15) is 0 Å². The highest BCUT2D eigenvalue weighted by Crippen LogP contribution is 2.18. The van der Waals surface area contributed by atoms with Gasteiger partial charge in [-0.3, -0.25) is 4.79 Å². The molecule has 1 fully saturated rings. The van der Waals surface area contributed by atoms with Crippen molar-refractivity contribution in [2.24, 2.45) is 0 Å². The van der Waals surface area contributed by atoms with Gasteiger partial charge in [0, 0.05) is 24.7 Å². The van der Waals surface area contributed by atoms with Crippen LogP contribution in [0.5, 0.6) is 0 Å². The summed E-state index contributed by atoms with van der Waals surface area (Å²) in [7, 11) is 1.73. The second kappa shape index (κ2) is 15.6. The molecular weight excluding hydrogens is 420 g/mol. The van der Waals surface area contributed by atoms with E-state index < -0.39 is 11.6 Å². The third kappa shape index (κ3) is 11.3. The summed E-state index contributed by atoms with van der Waals surface area (Å²) in [4.78, 5) is 12.2. The van der Waals surface area contributed by atoms with E-state index in [1.165, 1.54) is 24.1 Å². The number of hydrogen-bond acceptors (Lipinski definition) is 6. The quantitative estimate of drug-likeness (QED) is 0.454. The fraction of sp³-hybridized carbons (Fsp3) is 0.304. The predicted octanol–water partition coefficient (Wildman–Crippen LogP) is 3.38. The lowest BCUT2D eigenvalue weighted by Gasteiger charge is -1.99. The minimum absolute atomic E-state index is 0.0648. The zero-order chi connectivity index (χ0) is 23.8. The smallest absolute Gasteiger partial charge is 0.290 e. The lowest BCUT2D eigenvalue weighted by atomic mass is 10.1. The fourth-order valence-corrected chi connectivity index (χ4v) is 2.63. The molecule has 1 aliphatic heterocycles. The summed E-state index contributed by atoms with van der Waals surface area (Å²) in [5, 5.41) is 21.4. The third-order valence-electron chi connectivity index (χ3n) is 4.11. The van der Waals surface area contributed by atoms with E-state index >= 15 is 0 Å². The monoisotopic (exact) mass is 449 g/mol. The van der Waals surface area contributed by atoms with Crippen LogP contribution < -0.4 is 10.6 Å². The molecule has 1 atom stereocenters. The molecule has 2 aromatic carbocycles. The van der Waals surface area contributed by atoms with E-state index in [1.807, 2.05) is 12.1 Å². The Morgan fingerprint density at radius 1 is 1.22 bits per heavy atom. The van der Waals surface area contributed by atoms with Gasteiger partial charge in [0.05, 0.1) is 12.3 Å². The SMILES string of the molecule is CNCc1cc(F)cc(F)c1.Cc1ccc(-c2cnco2)cc1.O=CO.OC1CCNC1. The van der Waals surface area contributed by atoms with Crippen molar-refractivity contribution in [3.63, 3.8) is 0 Å². The van der Waals surface area contributed by atoms with Crippen LogP contribution in [-0.2, 0) is 11.3 Å². The largest absolute Gasteiger partial charge is 0.483 e. The molecule has 1 unspecified atom stereocenters. The molecule has 0 radical (unpaired) electrons. The lowest BCUT2D eigenvalue weighted by Crippen LogP contribution is -2.11. The van der Waals surface area contributed by atoms with Gasteiger partial charge in [-0.1, -0.05) is 29.8 Å². The molecule has 0 amide bonds. The number of nitrogens with one attached hydrogen (secondary N) is 2. The lowest BCUT2D eigenvalue weighted by molar-refractivity contribution is -0.122. The number of aliphatic hydroxyl groups excluding tert-OH is 1. The Hall–Kier alpha value is -3.14. The van der Waals surface area contributed by atoms with Crippen LogP contribution in [0.3, 0.4) is 0 Å². The Morgan fingerprint density at radius 2 is 1.84 bits per heavy atom. The van der Waals surface area contributed by atoms with Crippen LogP contribution >= 0.6 is 0 Å². The van der Waals surface area contributed by atoms with E-state index in [0.717, 1.165) is 36.9 Å². The van der Waals surface area contributed by atoms with Gasteiger partial charge in [-0.15, -0.1) is 0 Å². The molecular formula is C23H29F2N3O4. The van der Waals surface area contributed by atoms with E-state index in [0.29, 0.717) is 12.1 Å². The van der Waals surface area contributed by atoms with E-state index in [9.17, 15) is 8.78 Å². The van der Waals surface area contributed by atoms with Gasteiger partial charge in [0.25, 0.3) is 6.47 Å². The first-order valence-electron chi connectivity index (χ1n) is 9.91. The second-order valence-electron chi connectivity index (χ2n) is 6.79. The van der Waals surface area contributed by atoms with Crippen molar-refractivity contribution in [1.82, 2.24) is 15.6 Å². The summed E-state index contributed by atoms with van der Waals surface area (Å²) < 4.78 is 30.1. The number of carboxylic acid groups (broad SMARTS) is 1. The summed E-state index contributed by atoms with van der Waals surface area (Å²) in [6.45, 7) is 4.07. The average molecular weight is 449 g/mol. The van der Waals surface area contributed by atoms with Crippen molar-refractivity contribution >= 4 is 6.47 Å². The molecule has 0 bridgehead atoms. The Kier molecular flexibility index (Phi) is 13.1. The number of aryl methyl sites for hydroxylation is 1. The highest BCUT2D eigenvalue weighted by molar-refractivity contribution is 5.56. The number of aliphatic hydroxyl groups is 1. The van der Waals surface area contributed by atoms with E-state index in [1.54, 1.807) is 13.2 Å². The van der Waals surface area contributed by atoms with Crippen molar-refractivity contribution in [2.75, 3.05) is 20.1 Å². The summed E-state index contributed by atoms with van der Waals surface area (Å²) >= 11 is 0. The minimum Gasteiger partial charge on any atom is -0.483 e. The molecule has 0 saturated carbocycles. The van der Waals surface area contributed by atoms with Crippen LogP contribution in [0.25, 0.3) is 11.3 Å². The third-order valence-corrected chi connectivity index (χ3v) is 4.11. The van der Waals surface area contributed by atoms with Gasteiger partial charge >= 0.3 is 0 Å². The Labute approximate surface area is 186 Å². The molecule has 0 spiro atoms. The molecule has 4 rings (SSSR count). The Morgan fingerprint density at radius 3 is 2.25 bits per heavy atom. The first-order valence-corrected chi connectivity index (χ1v) is 9.91. The number of aromatic nitrogens is 1. The fourth-order valence-electron chi connectivity index (χ4n) is 2.63. The Balaban J connectivity index is 0.000000236. The molecule has 1 saturated heterocycles. The van der Waals surface area contributed by atoms with Crippen LogP contribution in [0.1, 0.15) is 17.5 Å². The van der Waals surface area contributed by atoms with E-state index in [2.05, 4.69) is 34.7 Å². The van der Waals surface area contributed by atoms with E-state index in [-0.39, 0.29) is 12.6 Å². The minimum atomic E-state index is -0.532. The van der Waals surface area contributed by atoms with Crippen LogP contribution in [0.2, 0.25) is 0 Å². The molecule has 0 aliphatic carbocycles. The van der Waals surface area contributed by atoms with Gasteiger partial charge in [-0.25, -0.2) is 13.8 Å². The van der Waals surface area contributed by atoms with Crippen LogP contribution in [0, 0.1) is 18.6 Å². The maximum atomic E-state index is 12.5. The number of hydrogen-bond donors (Lipinski definition) is 4. The molecule has 9 heteroatoms. The topological polar surface area (TPSA) is 108 Å². The summed E-state index contributed by atoms with van der Waals surface area (Å²) in [6.07, 6.45) is 4.02. The van der Waals surface area contributed by atoms with Crippen LogP contribution in [0.4, 0.5) is 8.78 Å². The predicted molar refractivity (Wildman–Crippen MR) is 118 cm³/mol. The zero-order valence-corrected chi connectivity index (χ0v) is 18.1. The van der Waals surface area contributed by atoms with Crippen LogP contribution in [0.15, 0.2) is 59.5 Å². The number of β-amino-alcohol motifs (C(OH)–C–C–N with tert-alkyl or cyclic N) is 1. The van der Waals surface area contributed by atoms with E-state index in [4.69, 9.17) is 19.4 Å². The van der Waals surface area contributed by atoms with Gasteiger partial charge in [0.2, 0.25) is 0 Å². The van der Waals surface area contributed by atoms with Gasteiger partial charge in [-0.05, 0) is 44.6 Å². The standard InChI is InChI=1S/C10H9NO.C8H9F2N.C4H9NO.CH2O2/c1-8-2-4-9(5-3-8)10-6-11-7-12-10;1-11-5-6-2-7(9)4-8(10)3-6;6-4-1-2-5-3-4;2-1-3/h2-7H,1H3;2-4,11H,5H2,1H3;4-6H,1-3H2;1H,(H,2,3). The highest BCUT2D eigenvalue weighted by Gasteiger charge is 2.08. The van der Waals surface area contributed by atoms with Crippen molar-refractivity contribution in [2.45, 2.75) is 26.0 Å². The maximum absolute atomic E-state index is 12.5. The summed E-state index contributed by atoms with van der Waals surface area (Å²) in [6, 6.07) is 11.6. The number of nitrogens with zero attached hydrogens (tertiary/aromatic N) is 1. The van der Waals surface area contributed by atoms with Crippen molar-refractivity contribution in [3.8, 4) is 11.3 Å². The first-order chi connectivity index (χ1) is 15.4. The molecule has 2 heterocycles. The normalized spacial score (nSPS) is 14.1. The molecule has 7 nitrogen and oxygen atoms in total. The van der Waals surface area contributed by atoms with Crippen LogP contribution in [-0.4, -0.2) is 47.9 Å². The number of oxazole rings is 1. The molecule has 1 aromatic heterocycles. The Bertz CT molecular complexity index is 865. The zero-order valence-electron chi connectivity index (χ0n) is 18.1. The highest BCUT2D eigenvalue weighted by atomic mass is 19.1. The molecule has 3 aromatic rings. The molecule has 4 N–H and O–H groups in total. The average Bonchev–Trinajstić information content (AvgIpc) is 3.44. The van der Waals surface area contributed by atoms with Gasteiger partial charge in [0.1, 0.15) is 11.6 Å². The summed E-state index contributed by atoms with van der Waals surface area (Å²) in [5.41, 5.74) is 2.93. The maximum Gasteiger partial charge on any atom is 0.290 e. The number of halogens is 2. The summed E-state index contributed by atoms with van der Waals surface area (Å²) in [5.74, 6) is -0.250. The van der Waals surface area contributed by atoms with Gasteiger partial charge < -0.3 is 25.3 Å². The molecule has 1 aliphatic rings. The first kappa shape index (κ1) is 26.9. The van der Waals surface area contributed by atoms with Crippen molar-refractivity contribution in [3.05, 3.63) is 77.8 Å². The number of carbonyl (C=O) groups is 1.